The summed E-state index contributed by atoms with van der Waals surface area (Å²) in [7, 11) is 0. The second-order valence-electron chi connectivity index (χ2n) is 6.46. The summed E-state index contributed by atoms with van der Waals surface area (Å²) < 4.78 is 5.60. The topological polar surface area (TPSA) is 53.5 Å². The third-order valence-corrected chi connectivity index (χ3v) is 4.37. The van der Waals surface area contributed by atoms with Gasteiger partial charge in [0.25, 0.3) is 0 Å². The molecule has 0 saturated carbocycles. The number of nitrogens with one attached hydrogen (secondary N) is 2. The smallest absolute Gasteiger partial charge is 0.124 e. The van der Waals surface area contributed by atoms with Crippen LogP contribution in [0.5, 0.6) is 11.5 Å². The Labute approximate surface area is 143 Å². The van der Waals surface area contributed by atoms with E-state index in [-0.39, 0.29) is 23.8 Å². The Morgan fingerprint density at radius 1 is 1.17 bits per heavy atom. The van der Waals surface area contributed by atoms with Crippen LogP contribution in [0.3, 0.4) is 0 Å². The van der Waals surface area contributed by atoms with Gasteiger partial charge >= 0.3 is 0 Å². The number of rotatable bonds is 5. The molecule has 3 unspecified atom stereocenters. The van der Waals surface area contributed by atoms with E-state index in [0.29, 0.717) is 12.4 Å². The Kier molecular flexibility index (Phi) is 4.88. The Morgan fingerprint density at radius 2 is 1.92 bits per heavy atom. The van der Waals surface area contributed by atoms with Crippen LogP contribution in [0.1, 0.15) is 36.9 Å². The lowest BCUT2D eigenvalue weighted by molar-refractivity contribution is 0.348. The summed E-state index contributed by atoms with van der Waals surface area (Å²) in [6, 6.07) is 16.1. The highest BCUT2D eigenvalue weighted by atomic mass is 16.5. The maximum atomic E-state index is 10.5. The quantitative estimate of drug-likeness (QED) is 0.735. The van der Waals surface area contributed by atoms with Gasteiger partial charge in [-0.25, -0.2) is 5.43 Å². The Morgan fingerprint density at radius 3 is 2.58 bits per heavy atom. The number of aromatic hydroxyl groups is 1. The van der Waals surface area contributed by atoms with Crippen molar-refractivity contribution >= 4 is 0 Å². The summed E-state index contributed by atoms with van der Waals surface area (Å²) in [5.74, 6) is 1.12. The van der Waals surface area contributed by atoms with Gasteiger partial charge in [0.15, 0.2) is 0 Å². The van der Waals surface area contributed by atoms with Crippen LogP contribution in [-0.4, -0.2) is 17.8 Å². The fraction of sp³-hybridized carbons (Fsp3) is 0.300. The Hall–Kier alpha value is -2.30. The highest BCUT2D eigenvalue weighted by molar-refractivity contribution is 5.44. The van der Waals surface area contributed by atoms with Crippen LogP contribution in [0, 0.1) is 0 Å². The van der Waals surface area contributed by atoms with Crippen LogP contribution in [0.15, 0.2) is 60.7 Å². The zero-order valence-electron chi connectivity index (χ0n) is 14.1. The number of hydrogen-bond donors (Lipinski definition) is 3. The van der Waals surface area contributed by atoms with Gasteiger partial charge in [-0.05, 0) is 31.1 Å². The van der Waals surface area contributed by atoms with Crippen molar-refractivity contribution < 1.29 is 9.84 Å². The molecular formula is C20H24N2O2. The monoisotopic (exact) mass is 324 g/mol. The van der Waals surface area contributed by atoms with Gasteiger partial charge in [0.2, 0.25) is 0 Å². The molecule has 0 aliphatic carbocycles. The molecule has 1 saturated heterocycles. The SMILES string of the molecule is C=C(C)COc1ccc(C2NNC(C)C2c2ccccc2)c(O)c1. The minimum atomic E-state index is -0.00223. The van der Waals surface area contributed by atoms with Gasteiger partial charge in [0, 0.05) is 23.6 Å². The van der Waals surface area contributed by atoms with E-state index < -0.39 is 0 Å². The molecule has 1 aliphatic heterocycles. The van der Waals surface area contributed by atoms with Crippen LogP contribution >= 0.6 is 0 Å². The van der Waals surface area contributed by atoms with Crippen molar-refractivity contribution in [3.8, 4) is 11.5 Å². The molecule has 3 atom stereocenters. The number of phenols is 1. The van der Waals surface area contributed by atoms with Crippen LogP contribution in [0.25, 0.3) is 0 Å². The predicted octanol–water partition coefficient (Wildman–Crippen LogP) is 3.67. The van der Waals surface area contributed by atoms with Crippen molar-refractivity contribution in [1.82, 2.24) is 10.9 Å². The van der Waals surface area contributed by atoms with Crippen LogP contribution in [-0.2, 0) is 0 Å². The molecule has 3 N–H and O–H groups in total. The molecule has 0 bridgehead atoms. The molecule has 4 nitrogen and oxygen atoms in total. The van der Waals surface area contributed by atoms with E-state index in [1.54, 1.807) is 6.07 Å². The van der Waals surface area contributed by atoms with E-state index in [9.17, 15) is 5.11 Å². The molecule has 2 aromatic rings. The first-order valence-electron chi connectivity index (χ1n) is 8.22. The van der Waals surface area contributed by atoms with E-state index in [1.165, 1.54) is 5.56 Å². The van der Waals surface area contributed by atoms with Gasteiger partial charge in [-0.1, -0.05) is 43.0 Å². The molecule has 0 aromatic heterocycles. The summed E-state index contributed by atoms with van der Waals surface area (Å²) in [5, 5.41) is 10.5. The third kappa shape index (κ3) is 3.45. The molecule has 1 aliphatic rings. The number of ether oxygens (including phenoxy) is 1. The standard InChI is InChI=1S/C20H24N2O2/c1-13(2)12-24-16-9-10-17(18(23)11-16)20-19(14(3)21-22-20)15-7-5-4-6-8-15/h4-11,14,19-23H,1,12H2,2-3H3. The highest BCUT2D eigenvalue weighted by Gasteiger charge is 2.36. The molecule has 0 spiro atoms. The second-order valence-corrected chi connectivity index (χ2v) is 6.46. The van der Waals surface area contributed by atoms with E-state index in [2.05, 4.69) is 36.5 Å². The normalized spacial score (nSPS) is 23.2. The summed E-state index contributed by atoms with van der Waals surface area (Å²) in [4.78, 5) is 0. The molecule has 24 heavy (non-hydrogen) atoms. The van der Waals surface area contributed by atoms with Crippen molar-refractivity contribution in [3.63, 3.8) is 0 Å². The average Bonchev–Trinajstić information content (AvgIpc) is 2.95. The molecule has 3 rings (SSSR count). The van der Waals surface area contributed by atoms with Gasteiger partial charge < -0.3 is 9.84 Å². The van der Waals surface area contributed by atoms with E-state index >= 15 is 0 Å². The van der Waals surface area contributed by atoms with Crippen molar-refractivity contribution in [2.45, 2.75) is 31.8 Å². The first kappa shape index (κ1) is 16.6. The summed E-state index contributed by atoms with van der Waals surface area (Å²) in [6.07, 6.45) is 0. The van der Waals surface area contributed by atoms with Crippen molar-refractivity contribution in [1.29, 1.82) is 0 Å². The Bertz CT molecular complexity index is 715. The maximum Gasteiger partial charge on any atom is 0.124 e. The van der Waals surface area contributed by atoms with Crippen LogP contribution in [0.2, 0.25) is 0 Å². The number of phenolic OH excluding ortho intramolecular Hbond substituents is 1. The minimum Gasteiger partial charge on any atom is -0.507 e. The molecule has 126 valence electrons. The molecule has 1 fully saturated rings. The molecule has 2 aromatic carbocycles. The largest absolute Gasteiger partial charge is 0.507 e. The summed E-state index contributed by atoms with van der Waals surface area (Å²) >= 11 is 0. The lowest BCUT2D eigenvalue weighted by Gasteiger charge is -2.23. The third-order valence-electron chi connectivity index (χ3n) is 4.37. The Balaban J connectivity index is 1.86. The average molecular weight is 324 g/mol. The molecular weight excluding hydrogens is 300 g/mol. The van der Waals surface area contributed by atoms with E-state index in [4.69, 9.17) is 4.74 Å². The molecule has 1 heterocycles. The fourth-order valence-electron chi connectivity index (χ4n) is 3.20. The highest BCUT2D eigenvalue weighted by Crippen LogP contribution is 2.41. The van der Waals surface area contributed by atoms with Gasteiger partial charge in [-0.3, -0.25) is 5.43 Å². The van der Waals surface area contributed by atoms with Crippen molar-refractivity contribution in [3.05, 3.63) is 71.8 Å². The number of hydrogen-bond acceptors (Lipinski definition) is 4. The van der Waals surface area contributed by atoms with Crippen molar-refractivity contribution in [2.75, 3.05) is 6.61 Å². The molecule has 4 heteroatoms. The molecule has 0 amide bonds. The predicted molar refractivity (Wildman–Crippen MR) is 96.1 cm³/mol. The zero-order chi connectivity index (χ0) is 17.1. The lowest BCUT2D eigenvalue weighted by atomic mass is 9.84. The first-order chi connectivity index (χ1) is 11.6. The van der Waals surface area contributed by atoms with Gasteiger partial charge in [-0.15, -0.1) is 0 Å². The first-order valence-corrected chi connectivity index (χ1v) is 8.22. The minimum absolute atomic E-state index is 0.00223. The summed E-state index contributed by atoms with van der Waals surface area (Å²) in [5.41, 5.74) is 9.66. The zero-order valence-corrected chi connectivity index (χ0v) is 14.1. The number of hydrazine groups is 1. The van der Waals surface area contributed by atoms with Crippen molar-refractivity contribution in [2.24, 2.45) is 0 Å². The van der Waals surface area contributed by atoms with Crippen LogP contribution < -0.4 is 15.6 Å². The fourth-order valence-corrected chi connectivity index (χ4v) is 3.20. The van der Waals surface area contributed by atoms with Gasteiger partial charge in [0.05, 0.1) is 6.04 Å². The second kappa shape index (κ2) is 7.07. The number of benzene rings is 2. The maximum absolute atomic E-state index is 10.5. The van der Waals surface area contributed by atoms with Crippen LogP contribution in [0.4, 0.5) is 0 Å². The summed E-state index contributed by atoms with van der Waals surface area (Å²) in [6.45, 7) is 8.33. The van der Waals surface area contributed by atoms with E-state index in [1.807, 2.05) is 37.3 Å². The van der Waals surface area contributed by atoms with Gasteiger partial charge in [0.1, 0.15) is 18.1 Å². The van der Waals surface area contributed by atoms with Gasteiger partial charge in [-0.2, -0.15) is 0 Å². The van der Waals surface area contributed by atoms with E-state index in [0.717, 1.165) is 11.1 Å². The molecule has 0 radical (unpaired) electrons. The lowest BCUT2D eigenvalue weighted by Crippen LogP contribution is -2.29.